The molecule has 5 rings (SSSR count). The second-order valence-corrected chi connectivity index (χ2v) is 8.69. The number of benzene rings is 2. The predicted molar refractivity (Wildman–Crippen MR) is 127 cm³/mol. The fourth-order valence-corrected chi connectivity index (χ4v) is 4.14. The largest absolute Gasteiger partial charge is 0.480 e. The molecule has 1 aliphatic heterocycles. The second kappa shape index (κ2) is 9.34. The fraction of sp³-hybridized carbons (Fsp3) is 0.280. The zero-order valence-electron chi connectivity index (χ0n) is 19.6. The van der Waals surface area contributed by atoms with E-state index < -0.39 is 46.7 Å². The molecular weight excluding hydrogens is 494 g/mol. The maximum atomic E-state index is 15.3. The van der Waals surface area contributed by atoms with Gasteiger partial charge < -0.3 is 10.1 Å². The number of amides is 1. The van der Waals surface area contributed by atoms with E-state index in [0.717, 1.165) is 42.0 Å². The minimum Gasteiger partial charge on any atom is -0.480 e. The molecule has 0 saturated carbocycles. The third-order valence-electron chi connectivity index (χ3n) is 6.12. The minimum absolute atomic E-state index is 0.300. The standard InChI is InChI=1S/C25H21F4N5O3/c1-14(25(27,28)29)37-21-13-20(34-24(36)33-10-3-2-6-22(33)32-34)18(26)12-17(21)23(35)31-16-8-7-15-5-4-9-30-19(15)11-16/h4-5,7-9,11-14H,2-3,6,10H2,1H3,(H,31,35). The Morgan fingerprint density at radius 2 is 1.97 bits per heavy atom. The zero-order valence-corrected chi connectivity index (χ0v) is 19.6. The number of nitrogens with one attached hydrogen (secondary N) is 1. The summed E-state index contributed by atoms with van der Waals surface area (Å²) >= 11 is 0. The molecule has 1 N–H and O–H groups in total. The molecule has 1 unspecified atom stereocenters. The number of hydrogen-bond acceptors (Lipinski definition) is 5. The van der Waals surface area contributed by atoms with E-state index in [2.05, 4.69) is 15.4 Å². The van der Waals surface area contributed by atoms with Crippen molar-refractivity contribution >= 4 is 22.5 Å². The molecule has 0 bridgehead atoms. The highest BCUT2D eigenvalue weighted by Crippen LogP contribution is 2.31. The molecule has 37 heavy (non-hydrogen) atoms. The van der Waals surface area contributed by atoms with E-state index in [4.69, 9.17) is 4.74 Å². The SMILES string of the molecule is CC(Oc1cc(-n2nc3n(c2=O)CCCC3)c(F)cc1C(=O)Nc1ccc2cccnc2c1)C(F)(F)F. The number of hydrogen-bond donors (Lipinski definition) is 1. The third-order valence-corrected chi connectivity index (χ3v) is 6.12. The van der Waals surface area contributed by atoms with Crippen LogP contribution in [0.4, 0.5) is 23.2 Å². The van der Waals surface area contributed by atoms with Gasteiger partial charge in [0.1, 0.15) is 23.1 Å². The van der Waals surface area contributed by atoms with E-state index in [1.807, 2.05) is 6.07 Å². The van der Waals surface area contributed by atoms with E-state index in [9.17, 15) is 22.8 Å². The summed E-state index contributed by atoms with van der Waals surface area (Å²) in [5.74, 6) is -2.01. The van der Waals surface area contributed by atoms with E-state index in [1.54, 1.807) is 30.5 Å². The van der Waals surface area contributed by atoms with Crippen LogP contribution in [0.2, 0.25) is 0 Å². The molecule has 192 valence electrons. The lowest BCUT2D eigenvalue weighted by molar-refractivity contribution is -0.189. The molecule has 2 aromatic carbocycles. The van der Waals surface area contributed by atoms with Crippen molar-refractivity contribution < 1.29 is 27.1 Å². The highest BCUT2D eigenvalue weighted by molar-refractivity contribution is 6.07. The molecule has 1 aliphatic rings. The number of nitrogens with zero attached hydrogens (tertiary/aromatic N) is 4. The van der Waals surface area contributed by atoms with Crippen LogP contribution in [-0.4, -0.2) is 37.5 Å². The summed E-state index contributed by atoms with van der Waals surface area (Å²) in [6.07, 6.45) is -3.42. The quantitative estimate of drug-likeness (QED) is 0.391. The Hall–Kier alpha value is -4.22. The molecule has 0 spiro atoms. The van der Waals surface area contributed by atoms with Crippen LogP contribution in [0.5, 0.6) is 5.75 Å². The van der Waals surface area contributed by atoms with Crippen molar-refractivity contribution in [1.82, 2.24) is 19.3 Å². The predicted octanol–water partition coefficient (Wildman–Crippen LogP) is 4.64. The van der Waals surface area contributed by atoms with Gasteiger partial charge in [0.05, 0.1) is 11.1 Å². The van der Waals surface area contributed by atoms with Crippen LogP contribution >= 0.6 is 0 Å². The lowest BCUT2D eigenvalue weighted by Gasteiger charge is -2.20. The number of rotatable bonds is 5. The average molecular weight is 515 g/mol. The Morgan fingerprint density at radius 3 is 2.73 bits per heavy atom. The van der Waals surface area contributed by atoms with Crippen molar-refractivity contribution in [1.29, 1.82) is 0 Å². The Morgan fingerprint density at radius 1 is 1.16 bits per heavy atom. The van der Waals surface area contributed by atoms with E-state index in [0.29, 0.717) is 30.0 Å². The number of alkyl halides is 3. The van der Waals surface area contributed by atoms with E-state index in [-0.39, 0.29) is 0 Å². The van der Waals surface area contributed by atoms with E-state index in [1.165, 1.54) is 4.57 Å². The number of pyridine rings is 1. The first-order chi connectivity index (χ1) is 17.6. The highest BCUT2D eigenvalue weighted by atomic mass is 19.4. The molecule has 2 aromatic heterocycles. The number of ether oxygens (including phenoxy) is 1. The Bertz CT molecular complexity index is 1560. The molecule has 0 aliphatic carbocycles. The molecule has 0 fully saturated rings. The van der Waals surface area contributed by atoms with Gasteiger partial charge in [-0.2, -0.15) is 17.9 Å². The van der Waals surface area contributed by atoms with Crippen LogP contribution in [0, 0.1) is 5.82 Å². The first-order valence-corrected chi connectivity index (χ1v) is 11.5. The molecule has 1 amide bonds. The normalized spacial score (nSPS) is 14.3. The number of carbonyl (C=O) groups excluding carboxylic acids is 1. The zero-order chi connectivity index (χ0) is 26.3. The summed E-state index contributed by atoms with van der Waals surface area (Å²) in [6.45, 7) is 1.17. The number of anilines is 1. The third kappa shape index (κ3) is 4.78. The van der Waals surface area contributed by atoms with Crippen molar-refractivity contribution in [2.24, 2.45) is 0 Å². The summed E-state index contributed by atoms with van der Waals surface area (Å²) in [4.78, 5) is 30.1. The number of aryl methyl sites for hydroxylation is 1. The van der Waals surface area contributed by atoms with Crippen LogP contribution in [0.25, 0.3) is 16.6 Å². The summed E-state index contributed by atoms with van der Waals surface area (Å²) in [5, 5.41) is 7.52. The van der Waals surface area contributed by atoms with Gasteiger partial charge in [-0.05, 0) is 44.0 Å². The van der Waals surface area contributed by atoms with Gasteiger partial charge in [-0.25, -0.2) is 9.18 Å². The van der Waals surface area contributed by atoms with Gasteiger partial charge in [-0.3, -0.25) is 14.3 Å². The second-order valence-electron chi connectivity index (χ2n) is 8.69. The van der Waals surface area contributed by atoms with Gasteiger partial charge in [0.25, 0.3) is 5.91 Å². The smallest absolute Gasteiger partial charge is 0.425 e. The van der Waals surface area contributed by atoms with Crippen molar-refractivity contribution in [2.75, 3.05) is 5.32 Å². The molecule has 0 saturated heterocycles. The van der Waals surface area contributed by atoms with Crippen LogP contribution in [-0.2, 0) is 13.0 Å². The minimum atomic E-state index is -4.75. The average Bonchev–Trinajstić information content (AvgIpc) is 3.20. The number of aromatic nitrogens is 4. The first kappa shape index (κ1) is 24.5. The Kier molecular flexibility index (Phi) is 6.18. The van der Waals surface area contributed by atoms with Crippen LogP contribution in [0.15, 0.2) is 53.5 Å². The van der Waals surface area contributed by atoms with Gasteiger partial charge in [-0.1, -0.05) is 12.1 Å². The van der Waals surface area contributed by atoms with Gasteiger partial charge in [-0.15, -0.1) is 5.10 Å². The molecular formula is C25H21F4N5O3. The molecule has 12 heteroatoms. The summed E-state index contributed by atoms with van der Waals surface area (Å²) in [5.41, 5.74) is -0.636. The first-order valence-electron chi connectivity index (χ1n) is 11.5. The Labute approximate surface area is 207 Å². The van der Waals surface area contributed by atoms with Crippen LogP contribution in [0.3, 0.4) is 0 Å². The lowest BCUT2D eigenvalue weighted by atomic mass is 10.1. The van der Waals surface area contributed by atoms with Crippen LogP contribution < -0.4 is 15.7 Å². The summed E-state index contributed by atoms with van der Waals surface area (Å²) < 4.78 is 62.5. The molecule has 0 radical (unpaired) electrons. The highest BCUT2D eigenvalue weighted by Gasteiger charge is 2.39. The number of carbonyl (C=O) groups is 1. The van der Waals surface area contributed by atoms with Crippen molar-refractivity contribution in [3.63, 3.8) is 0 Å². The lowest BCUT2D eigenvalue weighted by Crippen LogP contribution is -2.32. The van der Waals surface area contributed by atoms with Crippen molar-refractivity contribution in [2.45, 2.75) is 45.0 Å². The van der Waals surface area contributed by atoms with Gasteiger partial charge in [0.15, 0.2) is 6.10 Å². The fourth-order valence-electron chi connectivity index (χ4n) is 4.14. The van der Waals surface area contributed by atoms with Gasteiger partial charge >= 0.3 is 11.9 Å². The number of fused-ring (bicyclic) bond motifs is 2. The summed E-state index contributed by atoms with van der Waals surface area (Å²) in [6, 6.07) is 10.1. The Balaban J connectivity index is 1.55. The van der Waals surface area contributed by atoms with Crippen LogP contribution in [0.1, 0.15) is 35.9 Å². The topological polar surface area (TPSA) is 91.0 Å². The number of halogens is 4. The summed E-state index contributed by atoms with van der Waals surface area (Å²) in [7, 11) is 0. The molecule has 3 heterocycles. The van der Waals surface area contributed by atoms with Crippen molar-refractivity contribution in [3.05, 3.63) is 76.4 Å². The molecule has 8 nitrogen and oxygen atoms in total. The maximum absolute atomic E-state index is 15.3. The monoisotopic (exact) mass is 515 g/mol. The van der Waals surface area contributed by atoms with Gasteiger partial charge in [0, 0.05) is 36.3 Å². The molecule has 1 atom stereocenters. The molecule has 4 aromatic rings. The maximum Gasteiger partial charge on any atom is 0.425 e. The van der Waals surface area contributed by atoms with E-state index >= 15 is 4.39 Å². The van der Waals surface area contributed by atoms with Gasteiger partial charge in [0.2, 0.25) is 0 Å². The van der Waals surface area contributed by atoms with Crippen molar-refractivity contribution in [3.8, 4) is 11.4 Å².